The lowest BCUT2D eigenvalue weighted by Crippen LogP contribution is -2.42. The van der Waals surface area contributed by atoms with Crippen molar-refractivity contribution in [3.8, 4) is 0 Å². The molecule has 0 aromatic heterocycles. The molecule has 0 spiro atoms. The van der Waals surface area contributed by atoms with Crippen LogP contribution in [0.2, 0.25) is 0 Å². The Bertz CT molecular complexity index is 463. The second-order valence-electron chi connectivity index (χ2n) is 4.12. The molecule has 19 heavy (non-hydrogen) atoms. The van der Waals surface area contributed by atoms with Crippen molar-refractivity contribution in [2.24, 2.45) is 0 Å². The molecule has 3 N–H and O–H groups in total. The van der Waals surface area contributed by atoms with Crippen molar-refractivity contribution in [2.75, 3.05) is 18.4 Å². The Hall–Kier alpha value is -1.56. The Balaban J connectivity index is 2.37. The Labute approximate surface area is 121 Å². The number of carbonyl (C=O) groups excluding carboxylic acids is 2. The van der Waals surface area contributed by atoms with E-state index in [2.05, 4.69) is 31.9 Å². The summed E-state index contributed by atoms with van der Waals surface area (Å²) < 4.78 is 1.02. The highest BCUT2D eigenvalue weighted by Crippen LogP contribution is 2.19. The van der Waals surface area contributed by atoms with E-state index < -0.39 is 6.03 Å². The second kappa shape index (κ2) is 7.78. The lowest BCUT2D eigenvalue weighted by Gasteiger charge is -2.09. The zero-order chi connectivity index (χ0) is 14.3. The van der Waals surface area contributed by atoms with Crippen molar-refractivity contribution in [3.05, 3.63) is 28.2 Å². The lowest BCUT2D eigenvalue weighted by molar-refractivity contribution is -0.118. The van der Waals surface area contributed by atoms with E-state index in [1.807, 2.05) is 32.0 Å². The molecule has 0 unspecified atom stereocenters. The minimum Gasteiger partial charge on any atom is -0.376 e. The zero-order valence-electron chi connectivity index (χ0n) is 11.0. The molecule has 0 aliphatic heterocycles. The minimum atomic E-state index is -0.458. The number of carbonyl (C=O) groups is 2. The molecule has 104 valence electrons. The predicted molar refractivity (Wildman–Crippen MR) is 79.2 cm³/mol. The molecule has 0 radical (unpaired) electrons. The van der Waals surface area contributed by atoms with Crippen LogP contribution in [0, 0.1) is 6.92 Å². The number of amides is 3. The Morgan fingerprint density at radius 1 is 1.32 bits per heavy atom. The molecule has 1 aromatic carbocycles. The second-order valence-corrected chi connectivity index (χ2v) is 4.98. The number of aryl methyl sites for hydroxylation is 1. The van der Waals surface area contributed by atoms with Crippen LogP contribution < -0.4 is 16.0 Å². The third-order valence-electron chi connectivity index (χ3n) is 2.40. The summed E-state index contributed by atoms with van der Waals surface area (Å²) in [4.78, 5) is 22.7. The summed E-state index contributed by atoms with van der Waals surface area (Å²) in [5.41, 5.74) is 1.91. The van der Waals surface area contributed by atoms with Crippen LogP contribution >= 0.6 is 15.9 Å². The van der Waals surface area contributed by atoms with E-state index >= 15 is 0 Å². The Morgan fingerprint density at radius 2 is 2.05 bits per heavy atom. The summed E-state index contributed by atoms with van der Waals surface area (Å²) >= 11 is 3.41. The van der Waals surface area contributed by atoms with Gasteiger partial charge in [0, 0.05) is 16.7 Å². The molecular formula is C13H18BrN3O2. The van der Waals surface area contributed by atoms with Gasteiger partial charge in [-0.1, -0.05) is 22.9 Å². The van der Waals surface area contributed by atoms with Gasteiger partial charge in [0.25, 0.3) is 0 Å². The lowest BCUT2D eigenvalue weighted by atomic mass is 10.2. The number of anilines is 1. The number of hydrogen-bond donors (Lipinski definition) is 3. The van der Waals surface area contributed by atoms with Crippen molar-refractivity contribution in [3.63, 3.8) is 0 Å². The van der Waals surface area contributed by atoms with Gasteiger partial charge in [0.1, 0.15) is 0 Å². The van der Waals surface area contributed by atoms with Crippen LogP contribution in [0.15, 0.2) is 22.7 Å². The Morgan fingerprint density at radius 3 is 2.68 bits per heavy atom. The van der Waals surface area contributed by atoms with Crippen molar-refractivity contribution in [1.29, 1.82) is 0 Å². The molecule has 0 saturated heterocycles. The largest absolute Gasteiger partial charge is 0.376 e. The van der Waals surface area contributed by atoms with E-state index in [4.69, 9.17) is 0 Å². The first kappa shape index (κ1) is 15.5. The fourth-order valence-electron chi connectivity index (χ4n) is 1.39. The van der Waals surface area contributed by atoms with Gasteiger partial charge in [-0.05, 0) is 37.1 Å². The van der Waals surface area contributed by atoms with Gasteiger partial charge in [-0.2, -0.15) is 0 Å². The highest BCUT2D eigenvalue weighted by Gasteiger charge is 2.06. The van der Waals surface area contributed by atoms with E-state index in [1.165, 1.54) is 0 Å². The summed E-state index contributed by atoms with van der Waals surface area (Å²) in [6.07, 6.45) is 0.831. The molecule has 0 saturated carbocycles. The highest BCUT2D eigenvalue weighted by molar-refractivity contribution is 9.10. The third-order valence-corrected chi connectivity index (χ3v) is 3.29. The van der Waals surface area contributed by atoms with Crippen molar-refractivity contribution in [2.45, 2.75) is 20.3 Å². The van der Waals surface area contributed by atoms with E-state index in [1.54, 1.807) is 0 Å². The first-order valence-corrected chi connectivity index (χ1v) is 6.90. The van der Waals surface area contributed by atoms with E-state index in [0.29, 0.717) is 6.54 Å². The average Bonchev–Trinajstić information content (AvgIpc) is 2.38. The average molecular weight is 328 g/mol. The summed E-state index contributed by atoms with van der Waals surface area (Å²) in [7, 11) is 0. The van der Waals surface area contributed by atoms with Crippen LogP contribution in [0.4, 0.5) is 10.5 Å². The molecule has 0 heterocycles. The summed E-state index contributed by atoms with van der Waals surface area (Å²) in [6.45, 7) is 4.52. The fourth-order valence-corrected chi connectivity index (χ4v) is 1.64. The van der Waals surface area contributed by atoms with Crippen LogP contribution in [-0.4, -0.2) is 25.0 Å². The normalized spacial score (nSPS) is 9.84. The summed E-state index contributed by atoms with van der Waals surface area (Å²) in [5.74, 6) is -0.367. The number of rotatable bonds is 5. The number of benzene rings is 1. The minimum absolute atomic E-state index is 0.0562. The van der Waals surface area contributed by atoms with Gasteiger partial charge >= 0.3 is 6.03 Å². The van der Waals surface area contributed by atoms with Crippen LogP contribution in [0.5, 0.6) is 0 Å². The standard InChI is InChI=1S/C13H18BrN3O2/c1-3-6-15-13(19)17-12(18)8-16-10-4-5-11(14)9(2)7-10/h4-5,7,16H,3,6,8H2,1-2H3,(H2,15,17,18,19). The van der Waals surface area contributed by atoms with Gasteiger partial charge < -0.3 is 10.6 Å². The van der Waals surface area contributed by atoms with E-state index in [0.717, 1.165) is 22.1 Å². The molecule has 1 aromatic rings. The first-order chi connectivity index (χ1) is 9.02. The van der Waals surface area contributed by atoms with Crippen LogP contribution in [0.1, 0.15) is 18.9 Å². The van der Waals surface area contributed by atoms with Gasteiger partial charge in [0.05, 0.1) is 6.54 Å². The number of hydrogen-bond acceptors (Lipinski definition) is 3. The quantitative estimate of drug-likeness (QED) is 0.777. The van der Waals surface area contributed by atoms with Crippen LogP contribution in [-0.2, 0) is 4.79 Å². The maximum atomic E-state index is 11.5. The van der Waals surface area contributed by atoms with Crippen LogP contribution in [0.3, 0.4) is 0 Å². The van der Waals surface area contributed by atoms with E-state index in [9.17, 15) is 9.59 Å². The number of nitrogens with one attached hydrogen (secondary N) is 3. The van der Waals surface area contributed by atoms with Crippen molar-refractivity contribution < 1.29 is 9.59 Å². The SMILES string of the molecule is CCCNC(=O)NC(=O)CNc1ccc(Br)c(C)c1. The number of urea groups is 1. The molecule has 0 bridgehead atoms. The number of halogens is 1. The number of imide groups is 1. The van der Waals surface area contributed by atoms with Gasteiger partial charge in [-0.25, -0.2) is 4.79 Å². The zero-order valence-corrected chi connectivity index (χ0v) is 12.6. The van der Waals surface area contributed by atoms with Gasteiger partial charge in [0.2, 0.25) is 5.91 Å². The smallest absolute Gasteiger partial charge is 0.321 e. The molecule has 1 rings (SSSR count). The van der Waals surface area contributed by atoms with Gasteiger partial charge in [-0.15, -0.1) is 0 Å². The molecule has 0 aliphatic carbocycles. The first-order valence-electron chi connectivity index (χ1n) is 6.10. The van der Waals surface area contributed by atoms with Crippen LogP contribution in [0.25, 0.3) is 0 Å². The van der Waals surface area contributed by atoms with E-state index in [-0.39, 0.29) is 12.5 Å². The predicted octanol–water partition coefficient (Wildman–Crippen LogP) is 2.41. The molecule has 5 nitrogen and oxygen atoms in total. The molecule has 0 aliphatic rings. The summed E-state index contributed by atoms with van der Waals surface area (Å²) in [6, 6.07) is 5.24. The third kappa shape index (κ3) is 5.74. The monoisotopic (exact) mass is 327 g/mol. The van der Waals surface area contributed by atoms with Crippen molar-refractivity contribution in [1.82, 2.24) is 10.6 Å². The maximum Gasteiger partial charge on any atom is 0.321 e. The van der Waals surface area contributed by atoms with Gasteiger partial charge in [-0.3, -0.25) is 10.1 Å². The summed E-state index contributed by atoms with van der Waals surface area (Å²) in [5, 5.41) is 7.78. The molecule has 3 amide bonds. The Kier molecular flexibility index (Phi) is 6.35. The molecule has 0 fully saturated rings. The topological polar surface area (TPSA) is 70.2 Å². The molecule has 6 heteroatoms. The van der Waals surface area contributed by atoms with Gasteiger partial charge in [0.15, 0.2) is 0 Å². The fraction of sp³-hybridized carbons (Fsp3) is 0.385. The highest BCUT2D eigenvalue weighted by atomic mass is 79.9. The molecular weight excluding hydrogens is 310 g/mol. The van der Waals surface area contributed by atoms with Crippen molar-refractivity contribution >= 4 is 33.6 Å². The molecule has 0 atom stereocenters. The maximum absolute atomic E-state index is 11.5.